The van der Waals surface area contributed by atoms with Gasteiger partial charge in [-0.1, -0.05) is 98.1 Å². The van der Waals surface area contributed by atoms with E-state index in [-0.39, 0.29) is 31.4 Å². The number of nitrogens with one attached hydrogen (secondary N) is 1. The van der Waals surface area contributed by atoms with E-state index in [0.717, 1.165) is 47.1 Å². The fourth-order valence-electron chi connectivity index (χ4n) is 6.03. The molecule has 2 amide bonds. The number of carboxylic acid groups (broad SMARTS) is 1. The molecule has 0 radical (unpaired) electrons. The molecule has 2 aliphatic carbocycles. The van der Waals surface area contributed by atoms with Crippen molar-refractivity contribution < 1.29 is 24.2 Å². The second-order valence-electron chi connectivity index (χ2n) is 10.6. The first kappa shape index (κ1) is 26.5. The van der Waals surface area contributed by atoms with Crippen LogP contribution in [-0.4, -0.2) is 46.7 Å². The highest BCUT2D eigenvalue weighted by Crippen LogP contribution is 2.44. The standard InChI is InChI=1S/C32H34N2O5/c35-29(34(21-30(36)37)20-23-11-3-1-4-12-23)19-32(17-9-2-10-18-32)33-31(38)39-22-28-26-15-7-5-13-24(26)25-14-6-8-16-27(25)28/h1,3-8,11-16,28H,2,9-10,17-22H2,(H,33,38)(H,36,37). The third-order valence-electron chi connectivity index (χ3n) is 7.91. The van der Waals surface area contributed by atoms with E-state index in [1.807, 2.05) is 54.6 Å². The molecule has 2 N–H and O–H groups in total. The van der Waals surface area contributed by atoms with Crippen molar-refractivity contribution in [2.24, 2.45) is 0 Å². The van der Waals surface area contributed by atoms with Crippen molar-refractivity contribution in [3.05, 3.63) is 95.6 Å². The molecule has 0 atom stereocenters. The topological polar surface area (TPSA) is 95.9 Å². The van der Waals surface area contributed by atoms with Crippen molar-refractivity contribution >= 4 is 18.0 Å². The predicted molar refractivity (Wildman–Crippen MR) is 148 cm³/mol. The van der Waals surface area contributed by atoms with E-state index in [2.05, 4.69) is 29.6 Å². The Morgan fingerprint density at radius 1 is 0.846 bits per heavy atom. The Labute approximate surface area is 228 Å². The predicted octanol–water partition coefficient (Wildman–Crippen LogP) is 5.73. The van der Waals surface area contributed by atoms with Crippen molar-refractivity contribution in [2.45, 2.75) is 56.5 Å². The zero-order chi connectivity index (χ0) is 27.2. The fraction of sp³-hybridized carbons (Fsp3) is 0.344. The Morgan fingerprint density at radius 2 is 1.44 bits per heavy atom. The van der Waals surface area contributed by atoms with Crippen LogP contribution in [0.15, 0.2) is 78.9 Å². The number of aliphatic carboxylic acids is 1. The largest absolute Gasteiger partial charge is 0.480 e. The summed E-state index contributed by atoms with van der Waals surface area (Å²) in [7, 11) is 0. The van der Waals surface area contributed by atoms with Gasteiger partial charge in [0.1, 0.15) is 13.2 Å². The lowest BCUT2D eigenvalue weighted by Gasteiger charge is -2.38. The number of hydrogen-bond acceptors (Lipinski definition) is 4. The number of fused-ring (bicyclic) bond motifs is 3. The van der Waals surface area contributed by atoms with E-state index in [9.17, 15) is 19.5 Å². The molecule has 7 nitrogen and oxygen atoms in total. The second kappa shape index (κ2) is 11.7. The molecule has 2 aliphatic rings. The van der Waals surface area contributed by atoms with Crippen LogP contribution in [-0.2, 0) is 20.9 Å². The summed E-state index contributed by atoms with van der Waals surface area (Å²) >= 11 is 0. The number of alkyl carbamates (subject to hydrolysis) is 1. The Hall–Kier alpha value is -4.13. The van der Waals surface area contributed by atoms with Crippen molar-refractivity contribution in [3.8, 4) is 11.1 Å². The maximum absolute atomic E-state index is 13.5. The molecule has 0 spiro atoms. The maximum atomic E-state index is 13.5. The van der Waals surface area contributed by atoms with Gasteiger partial charge < -0.3 is 20.1 Å². The smallest absolute Gasteiger partial charge is 0.407 e. The molecular weight excluding hydrogens is 492 g/mol. The Balaban J connectivity index is 1.27. The van der Waals surface area contributed by atoms with Gasteiger partial charge in [0.05, 0.1) is 12.0 Å². The molecule has 202 valence electrons. The van der Waals surface area contributed by atoms with Crippen LogP contribution in [0, 0.1) is 0 Å². The van der Waals surface area contributed by atoms with Crippen molar-refractivity contribution in [1.82, 2.24) is 10.2 Å². The van der Waals surface area contributed by atoms with Gasteiger partial charge in [0.15, 0.2) is 0 Å². The number of carbonyl (C=O) groups is 3. The van der Waals surface area contributed by atoms with Gasteiger partial charge in [-0.15, -0.1) is 0 Å². The minimum absolute atomic E-state index is 0.0390. The van der Waals surface area contributed by atoms with Gasteiger partial charge in [-0.3, -0.25) is 9.59 Å². The Bertz CT molecular complexity index is 1290. The molecule has 0 heterocycles. The molecule has 39 heavy (non-hydrogen) atoms. The minimum atomic E-state index is -1.07. The van der Waals surface area contributed by atoms with Crippen molar-refractivity contribution in [1.29, 1.82) is 0 Å². The van der Waals surface area contributed by atoms with Crippen LogP contribution >= 0.6 is 0 Å². The molecule has 0 saturated heterocycles. The molecule has 0 aromatic heterocycles. The van der Waals surface area contributed by atoms with Crippen LogP contribution in [0.5, 0.6) is 0 Å². The number of benzene rings is 3. The lowest BCUT2D eigenvalue weighted by molar-refractivity contribution is -0.145. The van der Waals surface area contributed by atoms with Gasteiger partial charge in [0.2, 0.25) is 5.91 Å². The first-order valence-corrected chi connectivity index (χ1v) is 13.6. The van der Waals surface area contributed by atoms with Crippen molar-refractivity contribution in [2.75, 3.05) is 13.2 Å². The summed E-state index contributed by atoms with van der Waals surface area (Å²) in [4.78, 5) is 39.5. The molecule has 0 aliphatic heterocycles. The summed E-state index contributed by atoms with van der Waals surface area (Å²) in [5, 5.41) is 12.5. The third kappa shape index (κ3) is 6.14. The number of carboxylic acids is 1. The van der Waals surface area contributed by atoms with E-state index in [1.165, 1.54) is 4.90 Å². The Kier molecular flexibility index (Phi) is 7.96. The van der Waals surface area contributed by atoms with Crippen LogP contribution < -0.4 is 5.32 Å². The highest BCUT2D eigenvalue weighted by molar-refractivity contribution is 5.83. The molecule has 1 fully saturated rings. The number of ether oxygens (including phenoxy) is 1. The van der Waals surface area contributed by atoms with E-state index < -0.39 is 24.1 Å². The second-order valence-corrected chi connectivity index (χ2v) is 10.6. The van der Waals surface area contributed by atoms with Crippen LogP contribution in [0.25, 0.3) is 11.1 Å². The molecule has 3 aromatic rings. The summed E-state index contributed by atoms with van der Waals surface area (Å²) in [5.41, 5.74) is 4.69. The molecule has 0 bridgehead atoms. The number of nitrogens with zero attached hydrogens (tertiary/aromatic N) is 1. The number of rotatable bonds is 9. The van der Waals surface area contributed by atoms with Crippen molar-refractivity contribution in [3.63, 3.8) is 0 Å². The highest BCUT2D eigenvalue weighted by atomic mass is 16.5. The Morgan fingerprint density at radius 3 is 2.05 bits per heavy atom. The van der Waals surface area contributed by atoms with Gasteiger partial charge in [0, 0.05) is 12.5 Å². The lowest BCUT2D eigenvalue weighted by Crippen LogP contribution is -2.53. The van der Waals surface area contributed by atoms with Crippen LogP contribution in [0.1, 0.15) is 61.1 Å². The van der Waals surface area contributed by atoms with E-state index in [4.69, 9.17) is 4.74 Å². The van der Waals surface area contributed by atoms with Crippen LogP contribution in [0.3, 0.4) is 0 Å². The van der Waals surface area contributed by atoms with Crippen LogP contribution in [0.2, 0.25) is 0 Å². The van der Waals surface area contributed by atoms with E-state index in [0.29, 0.717) is 12.8 Å². The minimum Gasteiger partial charge on any atom is -0.480 e. The fourth-order valence-corrected chi connectivity index (χ4v) is 6.03. The monoisotopic (exact) mass is 526 g/mol. The molecular formula is C32H34N2O5. The zero-order valence-corrected chi connectivity index (χ0v) is 22.0. The lowest BCUT2D eigenvalue weighted by atomic mass is 9.79. The maximum Gasteiger partial charge on any atom is 0.407 e. The van der Waals surface area contributed by atoms with Gasteiger partial charge in [-0.05, 0) is 40.7 Å². The molecule has 1 saturated carbocycles. The average Bonchev–Trinajstić information content (AvgIpc) is 3.26. The quantitative estimate of drug-likeness (QED) is 0.371. The number of hydrogen-bond donors (Lipinski definition) is 2. The van der Waals surface area contributed by atoms with E-state index >= 15 is 0 Å². The van der Waals surface area contributed by atoms with Gasteiger partial charge in [-0.25, -0.2) is 4.79 Å². The van der Waals surface area contributed by atoms with Gasteiger partial charge in [0.25, 0.3) is 0 Å². The SMILES string of the molecule is O=C(O)CN(Cc1ccccc1)C(=O)CC1(NC(=O)OCC2c3ccccc3-c3ccccc32)CCCCC1. The summed E-state index contributed by atoms with van der Waals surface area (Å²) in [6.45, 7) is 0.00474. The van der Waals surface area contributed by atoms with Crippen LogP contribution in [0.4, 0.5) is 4.79 Å². The number of carbonyl (C=O) groups excluding carboxylic acids is 2. The van der Waals surface area contributed by atoms with E-state index in [1.54, 1.807) is 0 Å². The molecule has 7 heteroatoms. The normalized spacial score (nSPS) is 15.6. The number of amides is 2. The highest BCUT2D eigenvalue weighted by Gasteiger charge is 2.38. The summed E-state index contributed by atoms with van der Waals surface area (Å²) < 4.78 is 5.80. The average molecular weight is 527 g/mol. The summed E-state index contributed by atoms with van der Waals surface area (Å²) in [6, 6.07) is 25.7. The zero-order valence-electron chi connectivity index (χ0n) is 22.0. The van der Waals surface area contributed by atoms with Gasteiger partial charge in [-0.2, -0.15) is 0 Å². The van der Waals surface area contributed by atoms with Gasteiger partial charge >= 0.3 is 12.1 Å². The third-order valence-corrected chi connectivity index (χ3v) is 7.91. The first-order valence-electron chi connectivity index (χ1n) is 13.6. The summed E-state index contributed by atoms with van der Waals surface area (Å²) in [5.74, 6) is -1.41. The molecule has 3 aromatic carbocycles. The molecule has 0 unspecified atom stereocenters. The first-order chi connectivity index (χ1) is 18.9. The molecule has 5 rings (SSSR count). The summed E-state index contributed by atoms with van der Waals surface area (Å²) in [6.07, 6.45) is 3.59.